The Balaban J connectivity index is 1.82. The van der Waals surface area contributed by atoms with Crippen molar-refractivity contribution in [3.63, 3.8) is 0 Å². The summed E-state index contributed by atoms with van der Waals surface area (Å²) in [6.45, 7) is 2.64. The number of carbonyl (C=O) groups is 1. The van der Waals surface area contributed by atoms with Crippen LogP contribution in [0.25, 0.3) is 0 Å². The Kier molecular flexibility index (Phi) is 28.9. The fourth-order valence-electron chi connectivity index (χ4n) is 7.08. The molecule has 2 fully saturated rings. The Bertz CT molecular complexity index is 1120. The van der Waals surface area contributed by atoms with Gasteiger partial charge in [0.15, 0.2) is 12.6 Å². The number of aliphatic hydroxyl groups excluding tert-OH is 8. The number of hydrogen-bond acceptors (Lipinski definition) is 13. The summed E-state index contributed by atoms with van der Waals surface area (Å²) >= 11 is 0. The maximum Gasteiger partial charge on any atom is 0.220 e. The molecule has 58 heavy (non-hydrogen) atoms. The van der Waals surface area contributed by atoms with Crippen molar-refractivity contribution in [1.29, 1.82) is 0 Å². The van der Waals surface area contributed by atoms with Crippen LogP contribution in [0.15, 0.2) is 36.5 Å². The Morgan fingerprint density at radius 1 is 0.621 bits per heavy atom. The molecule has 0 saturated carbocycles. The van der Waals surface area contributed by atoms with Crippen LogP contribution in [0.2, 0.25) is 0 Å². The highest BCUT2D eigenvalue weighted by molar-refractivity contribution is 5.76. The Labute approximate surface area is 347 Å². The summed E-state index contributed by atoms with van der Waals surface area (Å²) in [4.78, 5) is 13.0. The lowest BCUT2D eigenvalue weighted by atomic mass is 9.97. The molecule has 2 rings (SSSR count). The third kappa shape index (κ3) is 20.2. The maximum atomic E-state index is 13.0. The van der Waals surface area contributed by atoms with Crippen molar-refractivity contribution in [1.82, 2.24) is 5.32 Å². The third-order valence-electron chi connectivity index (χ3n) is 10.8. The number of hydrogen-bond donors (Lipinski definition) is 9. The second-order valence-corrected chi connectivity index (χ2v) is 15.8. The van der Waals surface area contributed by atoms with Crippen molar-refractivity contribution in [3.8, 4) is 0 Å². The molecule has 2 heterocycles. The van der Waals surface area contributed by atoms with Crippen LogP contribution in [0.4, 0.5) is 0 Å². The molecule has 0 bridgehead atoms. The monoisotopic (exact) mass is 830 g/mol. The molecule has 0 radical (unpaired) electrons. The molecule has 0 aromatic carbocycles. The van der Waals surface area contributed by atoms with Gasteiger partial charge >= 0.3 is 0 Å². The first-order valence-electron chi connectivity index (χ1n) is 22.2. The maximum absolute atomic E-state index is 13.0. The van der Waals surface area contributed by atoms with E-state index in [-0.39, 0.29) is 18.9 Å². The minimum Gasteiger partial charge on any atom is -0.394 e. The molecular formula is C44H79NO13. The molecule has 0 aliphatic carbocycles. The van der Waals surface area contributed by atoms with E-state index in [2.05, 4.69) is 43.5 Å². The summed E-state index contributed by atoms with van der Waals surface area (Å²) in [5, 5.41) is 86.0. The number of allylic oxidation sites excluding steroid dienone is 5. The van der Waals surface area contributed by atoms with Gasteiger partial charge in [-0.25, -0.2) is 0 Å². The van der Waals surface area contributed by atoms with Gasteiger partial charge < -0.3 is 65.1 Å². The van der Waals surface area contributed by atoms with Gasteiger partial charge in [0.1, 0.15) is 48.8 Å². The second kappa shape index (κ2) is 32.0. The van der Waals surface area contributed by atoms with Crippen LogP contribution in [-0.2, 0) is 23.7 Å². The lowest BCUT2D eigenvalue weighted by molar-refractivity contribution is -0.359. The van der Waals surface area contributed by atoms with Gasteiger partial charge in [0.05, 0.1) is 32.0 Å². The highest BCUT2D eigenvalue weighted by atomic mass is 16.7. The molecule has 12 unspecified atom stereocenters. The van der Waals surface area contributed by atoms with Gasteiger partial charge in [-0.1, -0.05) is 121 Å². The molecule has 2 aliphatic rings. The highest BCUT2D eigenvalue weighted by Gasteiger charge is 2.50. The topological polar surface area (TPSA) is 228 Å². The number of carbonyl (C=O) groups excluding carboxylic acids is 1. The van der Waals surface area contributed by atoms with Crippen LogP contribution in [0, 0.1) is 0 Å². The normalized spacial score (nSPS) is 29.1. The van der Waals surface area contributed by atoms with Gasteiger partial charge in [0.2, 0.25) is 5.91 Å². The summed E-state index contributed by atoms with van der Waals surface area (Å²) < 4.78 is 22.5. The zero-order valence-electron chi connectivity index (χ0n) is 35.3. The van der Waals surface area contributed by atoms with Gasteiger partial charge in [-0.2, -0.15) is 0 Å². The molecule has 12 atom stereocenters. The van der Waals surface area contributed by atoms with Crippen LogP contribution in [0.3, 0.4) is 0 Å². The van der Waals surface area contributed by atoms with Gasteiger partial charge in [-0.05, 0) is 51.4 Å². The zero-order chi connectivity index (χ0) is 42.5. The SMILES string of the molecule is CCCCCC/C=C\C/C=C\CCCCCCCCCC(=O)NC(COC1OC(CO)C(OC2OC(CO)C(O)C(O)C2O)C(O)C1O)C(O)/C=C/CCCCCC. The smallest absolute Gasteiger partial charge is 0.220 e. The summed E-state index contributed by atoms with van der Waals surface area (Å²) in [6.07, 6.45) is 16.6. The van der Waals surface area contributed by atoms with Gasteiger partial charge in [0.25, 0.3) is 0 Å². The lowest BCUT2D eigenvalue weighted by Crippen LogP contribution is -2.65. The van der Waals surface area contributed by atoms with E-state index in [1.807, 2.05) is 6.08 Å². The van der Waals surface area contributed by atoms with Gasteiger partial charge in [-0.3, -0.25) is 4.79 Å². The predicted molar refractivity (Wildman–Crippen MR) is 221 cm³/mol. The van der Waals surface area contributed by atoms with Crippen molar-refractivity contribution in [3.05, 3.63) is 36.5 Å². The molecule has 14 nitrogen and oxygen atoms in total. The average Bonchev–Trinajstić information content (AvgIpc) is 3.22. The molecule has 0 aromatic rings. The van der Waals surface area contributed by atoms with Crippen molar-refractivity contribution < 1.29 is 64.6 Å². The van der Waals surface area contributed by atoms with E-state index in [4.69, 9.17) is 18.9 Å². The Morgan fingerprint density at radius 2 is 1.14 bits per heavy atom. The predicted octanol–water partition coefficient (Wildman–Crippen LogP) is 3.98. The average molecular weight is 830 g/mol. The molecule has 14 heteroatoms. The first-order valence-corrected chi connectivity index (χ1v) is 22.2. The third-order valence-corrected chi connectivity index (χ3v) is 10.8. The van der Waals surface area contributed by atoms with E-state index in [1.165, 1.54) is 44.9 Å². The molecule has 0 spiro atoms. The fraction of sp³-hybridized carbons (Fsp3) is 0.841. The highest BCUT2D eigenvalue weighted by Crippen LogP contribution is 2.30. The number of ether oxygens (including phenoxy) is 4. The number of aliphatic hydroxyl groups is 8. The number of unbranched alkanes of at least 4 members (excludes halogenated alkanes) is 15. The van der Waals surface area contributed by atoms with E-state index in [9.17, 15) is 45.6 Å². The minimum absolute atomic E-state index is 0.256. The van der Waals surface area contributed by atoms with Crippen molar-refractivity contribution in [2.75, 3.05) is 19.8 Å². The summed E-state index contributed by atoms with van der Waals surface area (Å²) in [6, 6.07) is -0.913. The van der Waals surface area contributed by atoms with Gasteiger partial charge in [0, 0.05) is 6.42 Å². The number of nitrogens with one attached hydrogen (secondary N) is 1. The van der Waals surface area contributed by atoms with E-state index in [0.29, 0.717) is 6.42 Å². The summed E-state index contributed by atoms with van der Waals surface area (Å²) in [5.74, 6) is -0.256. The van der Waals surface area contributed by atoms with E-state index in [0.717, 1.165) is 70.6 Å². The van der Waals surface area contributed by atoms with Crippen LogP contribution < -0.4 is 5.32 Å². The fourth-order valence-corrected chi connectivity index (χ4v) is 7.08. The Hall–Kier alpha value is -1.79. The molecule has 338 valence electrons. The molecule has 9 N–H and O–H groups in total. The standard InChI is InChI=1S/C44H79NO13/c1-3-5-7-9-11-12-13-14-15-16-17-18-19-20-21-22-24-26-28-36(49)45-32(33(48)27-25-23-10-8-6-4-2)31-55-43-41(54)39(52)42(35(30-47)57-43)58-44-40(53)38(51)37(50)34(29-46)56-44/h12-13,15-16,25,27,32-35,37-44,46-48,50-54H,3-11,14,17-24,26,28-31H2,1-2H3,(H,45,49)/b13-12-,16-15-,27-25+. The summed E-state index contributed by atoms with van der Waals surface area (Å²) in [5.41, 5.74) is 0. The number of rotatable bonds is 32. The van der Waals surface area contributed by atoms with Crippen LogP contribution in [-0.4, -0.2) is 140 Å². The Morgan fingerprint density at radius 3 is 1.72 bits per heavy atom. The van der Waals surface area contributed by atoms with Crippen molar-refractivity contribution in [2.45, 2.75) is 216 Å². The quantitative estimate of drug-likeness (QED) is 0.0346. The first kappa shape index (κ1) is 52.3. The van der Waals surface area contributed by atoms with Crippen LogP contribution in [0.5, 0.6) is 0 Å². The minimum atomic E-state index is -1.79. The zero-order valence-corrected chi connectivity index (χ0v) is 35.3. The van der Waals surface area contributed by atoms with Crippen LogP contribution >= 0.6 is 0 Å². The van der Waals surface area contributed by atoms with E-state index in [1.54, 1.807) is 6.08 Å². The second-order valence-electron chi connectivity index (χ2n) is 15.8. The molecule has 2 saturated heterocycles. The lowest BCUT2D eigenvalue weighted by Gasteiger charge is -2.46. The van der Waals surface area contributed by atoms with E-state index < -0.39 is 86.8 Å². The van der Waals surface area contributed by atoms with Crippen molar-refractivity contribution in [2.24, 2.45) is 0 Å². The van der Waals surface area contributed by atoms with Gasteiger partial charge in [-0.15, -0.1) is 0 Å². The molecule has 1 amide bonds. The van der Waals surface area contributed by atoms with E-state index >= 15 is 0 Å². The molecule has 2 aliphatic heterocycles. The molecular weight excluding hydrogens is 750 g/mol. The number of amides is 1. The summed E-state index contributed by atoms with van der Waals surface area (Å²) in [7, 11) is 0. The van der Waals surface area contributed by atoms with Crippen molar-refractivity contribution >= 4 is 5.91 Å². The largest absolute Gasteiger partial charge is 0.394 e. The molecule has 0 aromatic heterocycles. The first-order chi connectivity index (χ1) is 28.1. The van der Waals surface area contributed by atoms with Crippen LogP contribution in [0.1, 0.15) is 142 Å².